The molecular formula is C14H14F2N2O. The van der Waals surface area contributed by atoms with E-state index in [9.17, 15) is 8.78 Å². The number of pyridine rings is 1. The van der Waals surface area contributed by atoms with Gasteiger partial charge in [0.25, 0.3) is 5.88 Å². The van der Waals surface area contributed by atoms with Crippen LogP contribution < -0.4 is 10.1 Å². The van der Waals surface area contributed by atoms with Crippen LogP contribution >= 0.6 is 0 Å². The minimum absolute atomic E-state index is 0.00539. The van der Waals surface area contributed by atoms with Gasteiger partial charge in [-0.05, 0) is 18.6 Å². The third-order valence-corrected chi connectivity index (χ3v) is 2.40. The Bertz CT molecular complexity index is 547. The Morgan fingerprint density at radius 2 is 1.89 bits per heavy atom. The molecule has 0 unspecified atom stereocenters. The molecule has 0 bridgehead atoms. The van der Waals surface area contributed by atoms with Crippen LogP contribution in [0, 0.1) is 11.6 Å². The van der Waals surface area contributed by atoms with Crippen LogP contribution in [0.5, 0.6) is 11.6 Å². The molecule has 0 fully saturated rings. The lowest BCUT2D eigenvalue weighted by Gasteiger charge is -2.09. The highest BCUT2D eigenvalue weighted by molar-refractivity contribution is 5.40. The van der Waals surface area contributed by atoms with Crippen molar-refractivity contribution in [1.29, 1.82) is 0 Å². The fraction of sp³-hybridized carbons (Fsp3) is 0.214. The van der Waals surface area contributed by atoms with E-state index in [0.717, 1.165) is 12.5 Å². The van der Waals surface area contributed by atoms with E-state index >= 15 is 0 Å². The summed E-state index contributed by atoms with van der Waals surface area (Å²) in [6.45, 7) is 2.50. The normalized spacial score (nSPS) is 10.3. The van der Waals surface area contributed by atoms with Crippen LogP contribution in [0.3, 0.4) is 0 Å². The summed E-state index contributed by atoms with van der Waals surface area (Å²) in [7, 11) is 0. The van der Waals surface area contributed by atoms with Crippen LogP contribution in [0.25, 0.3) is 0 Å². The summed E-state index contributed by atoms with van der Waals surface area (Å²) in [5.41, 5.74) is 0. The summed E-state index contributed by atoms with van der Waals surface area (Å²) >= 11 is 0. The number of rotatable bonds is 5. The molecule has 0 atom stereocenters. The molecule has 1 aromatic heterocycles. The summed E-state index contributed by atoms with van der Waals surface area (Å²) in [6, 6.07) is 9.44. The van der Waals surface area contributed by atoms with Crippen molar-refractivity contribution in [2.45, 2.75) is 13.3 Å². The molecule has 0 amide bonds. The van der Waals surface area contributed by atoms with Gasteiger partial charge in [-0.1, -0.05) is 25.1 Å². The van der Waals surface area contributed by atoms with Crippen molar-refractivity contribution in [2.75, 3.05) is 11.9 Å². The van der Waals surface area contributed by atoms with Crippen LogP contribution in [0.4, 0.5) is 14.6 Å². The molecule has 0 spiro atoms. The lowest BCUT2D eigenvalue weighted by Crippen LogP contribution is -2.06. The largest absolute Gasteiger partial charge is 0.436 e. The highest BCUT2D eigenvalue weighted by atomic mass is 19.1. The average molecular weight is 264 g/mol. The number of nitrogens with zero attached hydrogens (tertiary/aromatic N) is 1. The van der Waals surface area contributed by atoms with E-state index in [1.54, 1.807) is 24.3 Å². The Kier molecular flexibility index (Phi) is 4.28. The van der Waals surface area contributed by atoms with Crippen molar-refractivity contribution >= 4 is 5.82 Å². The first-order valence-electron chi connectivity index (χ1n) is 6.03. The molecule has 2 rings (SSSR count). The van der Waals surface area contributed by atoms with Crippen molar-refractivity contribution in [1.82, 2.24) is 4.98 Å². The number of halogens is 2. The van der Waals surface area contributed by atoms with Crippen LogP contribution in [-0.2, 0) is 0 Å². The highest BCUT2D eigenvalue weighted by Crippen LogP contribution is 2.25. The zero-order valence-corrected chi connectivity index (χ0v) is 10.5. The maximum absolute atomic E-state index is 13.6. The first kappa shape index (κ1) is 13.3. The third-order valence-electron chi connectivity index (χ3n) is 2.40. The SMILES string of the molecule is CCCNc1nc(Oc2ccccc2)c(F)cc1F. The van der Waals surface area contributed by atoms with Crippen molar-refractivity contribution in [3.63, 3.8) is 0 Å². The van der Waals surface area contributed by atoms with Gasteiger partial charge < -0.3 is 10.1 Å². The molecule has 19 heavy (non-hydrogen) atoms. The van der Waals surface area contributed by atoms with Crippen LogP contribution in [0.2, 0.25) is 0 Å². The fourth-order valence-corrected chi connectivity index (χ4v) is 1.49. The number of ether oxygens (including phenoxy) is 1. The Hall–Kier alpha value is -2.17. The number of para-hydroxylation sites is 1. The van der Waals surface area contributed by atoms with Gasteiger partial charge in [-0.25, -0.2) is 8.78 Å². The average Bonchev–Trinajstić information content (AvgIpc) is 2.42. The van der Waals surface area contributed by atoms with E-state index in [2.05, 4.69) is 10.3 Å². The molecule has 0 saturated carbocycles. The number of hydrogen-bond acceptors (Lipinski definition) is 3. The van der Waals surface area contributed by atoms with Crippen molar-refractivity contribution in [3.8, 4) is 11.6 Å². The molecule has 0 radical (unpaired) electrons. The predicted octanol–water partition coefficient (Wildman–Crippen LogP) is 3.97. The van der Waals surface area contributed by atoms with Crippen LogP contribution in [-0.4, -0.2) is 11.5 Å². The summed E-state index contributed by atoms with van der Waals surface area (Å²) in [4.78, 5) is 3.82. The second-order valence-corrected chi connectivity index (χ2v) is 3.95. The highest BCUT2D eigenvalue weighted by Gasteiger charge is 2.13. The Morgan fingerprint density at radius 3 is 2.58 bits per heavy atom. The Labute approximate surface area is 110 Å². The van der Waals surface area contributed by atoms with Gasteiger partial charge in [0.15, 0.2) is 17.5 Å². The standard InChI is InChI=1S/C14H14F2N2O/c1-2-8-17-13-11(15)9-12(16)14(18-13)19-10-6-4-3-5-7-10/h3-7,9H,2,8H2,1H3,(H,17,18). The topological polar surface area (TPSA) is 34.2 Å². The number of anilines is 1. The molecule has 0 aliphatic heterocycles. The fourth-order valence-electron chi connectivity index (χ4n) is 1.49. The van der Waals surface area contributed by atoms with Crippen LogP contribution in [0.15, 0.2) is 36.4 Å². The van der Waals surface area contributed by atoms with Crippen molar-refractivity contribution in [3.05, 3.63) is 48.0 Å². The van der Waals surface area contributed by atoms with Gasteiger partial charge in [-0.2, -0.15) is 4.98 Å². The Balaban J connectivity index is 2.24. The number of aromatic nitrogens is 1. The van der Waals surface area contributed by atoms with Crippen LogP contribution in [0.1, 0.15) is 13.3 Å². The number of hydrogen-bond donors (Lipinski definition) is 1. The third kappa shape index (κ3) is 3.40. The van der Waals surface area contributed by atoms with Gasteiger partial charge in [-0.15, -0.1) is 0 Å². The molecule has 100 valence electrons. The number of nitrogens with one attached hydrogen (secondary N) is 1. The first-order chi connectivity index (χ1) is 9.20. The molecule has 0 aliphatic rings. The summed E-state index contributed by atoms with van der Waals surface area (Å²) < 4.78 is 32.3. The molecule has 0 saturated heterocycles. The first-order valence-corrected chi connectivity index (χ1v) is 6.03. The van der Waals surface area contributed by atoms with E-state index in [4.69, 9.17) is 4.74 Å². The van der Waals surface area contributed by atoms with Crippen molar-refractivity contribution in [2.24, 2.45) is 0 Å². The van der Waals surface area contributed by atoms with Gasteiger partial charge in [0.05, 0.1) is 0 Å². The van der Waals surface area contributed by atoms with E-state index in [0.29, 0.717) is 12.3 Å². The van der Waals surface area contributed by atoms with Gasteiger partial charge in [0.1, 0.15) is 5.75 Å². The predicted molar refractivity (Wildman–Crippen MR) is 69.4 cm³/mol. The maximum Gasteiger partial charge on any atom is 0.258 e. The van der Waals surface area contributed by atoms with Gasteiger partial charge in [0, 0.05) is 12.6 Å². The summed E-state index contributed by atoms with van der Waals surface area (Å²) in [5.74, 6) is -1.36. The monoisotopic (exact) mass is 264 g/mol. The molecule has 3 nitrogen and oxygen atoms in total. The maximum atomic E-state index is 13.6. The molecule has 0 aliphatic carbocycles. The van der Waals surface area contributed by atoms with E-state index in [-0.39, 0.29) is 11.7 Å². The van der Waals surface area contributed by atoms with E-state index in [1.165, 1.54) is 0 Å². The van der Waals surface area contributed by atoms with Gasteiger partial charge in [-0.3, -0.25) is 0 Å². The second kappa shape index (κ2) is 6.13. The number of benzene rings is 1. The zero-order chi connectivity index (χ0) is 13.7. The summed E-state index contributed by atoms with van der Waals surface area (Å²) in [5, 5.41) is 2.78. The Morgan fingerprint density at radius 1 is 1.16 bits per heavy atom. The van der Waals surface area contributed by atoms with Gasteiger partial charge in [0.2, 0.25) is 0 Å². The smallest absolute Gasteiger partial charge is 0.258 e. The minimum Gasteiger partial charge on any atom is -0.436 e. The molecule has 5 heteroatoms. The molecule has 2 aromatic rings. The van der Waals surface area contributed by atoms with E-state index in [1.807, 2.05) is 13.0 Å². The van der Waals surface area contributed by atoms with Crippen molar-refractivity contribution < 1.29 is 13.5 Å². The minimum atomic E-state index is -0.830. The molecular weight excluding hydrogens is 250 g/mol. The quantitative estimate of drug-likeness (QED) is 0.887. The molecule has 1 N–H and O–H groups in total. The second-order valence-electron chi connectivity index (χ2n) is 3.95. The summed E-state index contributed by atoms with van der Waals surface area (Å²) in [6.07, 6.45) is 0.813. The lowest BCUT2D eigenvalue weighted by molar-refractivity contribution is 0.418. The lowest BCUT2D eigenvalue weighted by atomic mass is 10.3. The van der Waals surface area contributed by atoms with Gasteiger partial charge >= 0.3 is 0 Å². The zero-order valence-electron chi connectivity index (χ0n) is 10.5. The molecule has 1 aromatic carbocycles. The van der Waals surface area contributed by atoms with E-state index < -0.39 is 11.6 Å². The molecule has 1 heterocycles.